The van der Waals surface area contributed by atoms with Crippen molar-refractivity contribution in [3.05, 3.63) is 63.9 Å². The fourth-order valence-corrected chi connectivity index (χ4v) is 2.38. The molecule has 20 heavy (non-hydrogen) atoms. The minimum Gasteiger partial charge on any atom is -0.350 e. The Bertz CT molecular complexity index is 567. The third-order valence-corrected chi connectivity index (χ3v) is 3.56. The molecule has 1 heterocycles. The van der Waals surface area contributed by atoms with Gasteiger partial charge in [-0.25, -0.2) is 0 Å². The quantitative estimate of drug-likeness (QED) is 0.916. The summed E-state index contributed by atoms with van der Waals surface area (Å²) in [4.78, 5) is 15.9. The predicted molar refractivity (Wildman–Crippen MR) is 80.9 cm³/mol. The van der Waals surface area contributed by atoms with E-state index in [9.17, 15) is 4.79 Å². The van der Waals surface area contributed by atoms with Gasteiger partial charge in [-0.15, -0.1) is 0 Å². The van der Waals surface area contributed by atoms with Gasteiger partial charge in [0.15, 0.2) is 0 Å². The SMILES string of the molecule is O=C(CCc1c(Cl)cccc1Cl)NCc1ccccn1. The number of benzene rings is 1. The van der Waals surface area contributed by atoms with Gasteiger partial charge in [0.05, 0.1) is 12.2 Å². The summed E-state index contributed by atoms with van der Waals surface area (Å²) >= 11 is 12.1. The minimum atomic E-state index is -0.0494. The van der Waals surface area contributed by atoms with Crippen molar-refractivity contribution in [2.45, 2.75) is 19.4 Å². The number of nitrogens with one attached hydrogen (secondary N) is 1. The highest BCUT2D eigenvalue weighted by atomic mass is 35.5. The minimum absolute atomic E-state index is 0.0494. The van der Waals surface area contributed by atoms with Gasteiger partial charge >= 0.3 is 0 Å². The highest BCUT2D eigenvalue weighted by molar-refractivity contribution is 6.36. The second-order valence-electron chi connectivity index (χ2n) is 4.30. The summed E-state index contributed by atoms with van der Waals surface area (Å²) in [6, 6.07) is 10.9. The van der Waals surface area contributed by atoms with Crippen molar-refractivity contribution < 1.29 is 4.79 Å². The molecule has 0 aliphatic heterocycles. The molecule has 0 bridgehead atoms. The van der Waals surface area contributed by atoms with Crippen LogP contribution in [-0.2, 0) is 17.8 Å². The molecule has 0 aliphatic rings. The molecule has 104 valence electrons. The summed E-state index contributed by atoms with van der Waals surface area (Å²) in [5.41, 5.74) is 1.64. The van der Waals surface area contributed by atoms with Crippen molar-refractivity contribution in [2.75, 3.05) is 0 Å². The lowest BCUT2D eigenvalue weighted by Gasteiger charge is -2.07. The van der Waals surface area contributed by atoms with E-state index in [0.29, 0.717) is 29.4 Å². The maximum Gasteiger partial charge on any atom is 0.220 e. The van der Waals surface area contributed by atoms with Crippen LogP contribution in [0.5, 0.6) is 0 Å². The molecule has 0 saturated carbocycles. The molecular formula is C15H14Cl2N2O. The lowest BCUT2D eigenvalue weighted by Crippen LogP contribution is -2.23. The van der Waals surface area contributed by atoms with Crippen molar-refractivity contribution in [1.29, 1.82) is 0 Å². The second kappa shape index (κ2) is 7.27. The number of carbonyl (C=O) groups is 1. The molecule has 0 radical (unpaired) electrons. The van der Waals surface area contributed by atoms with Gasteiger partial charge in [0.2, 0.25) is 5.91 Å². The van der Waals surface area contributed by atoms with Gasteiger partial charge < -0.3 is 5.32 Å². The molecular weight excluding hydrogens is 295 g/mol. The van der Waals surface area contributed by atoms with Crippen LogP contribution in [0.15, 0.2) is 42.6 Å². The van der Waals surface area contributed by atoms with E-state index < -0.39 is 0 Å². The molecule has 0 aliphatic carbocycles. The third kappa shape index (κ3) is 4.22. The normalized spacial score (nSPS) is 10.3. The zero-order valence-electron chi connectivity index (χ0n) is 10.8. The number of halogens is 2. The topological polar surface area (TPSA) is 42.0 Å². The number of hydrogen-bond acceptors (Lipinski definition) is 2. The first-order valence-electron chi connectivity index (χ1n) is 6.26. The van der Waals surface area contributed by atoms with Crippen LogP contribution in [0.25, 0.3) is 0 Å². The van der Waals surface area contributed by atoms with Crippen molar-refractivity contribution in [2.24, 2.45) is 0 Å². The summed E-state index contributed by atoms with van der Waals surface area (Å²) in [6.07, 6.45) is 2.56. The van der Waals surface area contributed by atoms with Gasteiger partial charge in [-0.1, -0.05) is 35.3 Å². The van der Waals surface area contributed by atoms with Crippen LogP contribution in [0, 0.1) is 0 Å². The lowest BCUT2D eigenvalue weighted by molar-refractivity contribution is -0.121. The Balaban J connectivity index is 1.84. The molecule has 0 fully saturated rings. The summed E-state index contributed by atoms with van der Waals surface area (Å²) in [5.74, 6) is -0.0494. The fourth-order valence-electron chi connectivity index (χ4n) is 1.79. The summed E-state index contributed by atoms with van der Waals surface area (Å²) < 4.78 is 0. The maximum absolute atomic E-state index is 11.8. The molecule has 1 N–H and O–H groups in total. The number of aromatic nitrogens is 1. The average molecular weight is 309 g/mol. The molecule has 1 amide bonds. The van der Waals surface area contributed by atoms with E-state index in [-0.39, 0.29) is 5.91 Å². The number of amides is 1. The van der Waals surface area contributed by atoms with Gasteiger partial charge in [0.1, 0.15) is 0 Å². The van der Waals surface area contributed by atoms with Crippen molar-refractivity contribution in [3.8, 4) is 0 Å². The molecule has 0 spiro atoms. The highest BCUT2D eigenvalue weighted by Crippen LogP contribution is 2.25. The lowest BCUT2D eigenvalue weighted by atomic mass is 10.1. The Labute approximate surface area is 127 Å². The molecule has 0 atom stereocenters. The van der Waals surface area contributed by atoms with Gasteiger partial charge in [0, 0.05) is 22.7 Å². The Hall–Kier alpha value is -1.58. The third-order valence-electron chi connectivity index (χ3n) is 2.86. The molecule has 5 heteroatoms. The van der Waals surface area contributed by atoms with Crippen LogP contribution in [-0.4, -0.2) is 10.9 Å². The first-order valence-corrected chi connectivity index (χ1v) is 7.02. The van der Waals surface area contributed by atoms with Crippen LogP contribution < -0.4 is 5.32 Å². The first-order chi connectivity index (χ1) is 9.66. The second-order valence-corrected chi connectivity index (χ2v) is 5.11. The van der Waals surface area contributed by atoms with Gasteiger partial charge in [-0.2, -0.15) is 0 Å². The van der Waals surface area contributed by atoms with Gasteiger partial charge in [0.25, 0.3) is 0 Å². The molecule has 2 aromatic rings. The van der Waals surface area contributed by atoms with Crippen LogP contribution in [0.3, 0.4) is 0 Å². The zero-order chi connectivity index (χ0) is 14.4. The van der Waals surface area contributed by atoms with Gasteiger partial charge in [-0.05, 0) is 36.2 Å². The summed E-state index contributed by atoms with van der Waals surface area (Å²) in [6.45, 7) is 0.427. The van der Waals surface area contributed by atoms with E-state index in [0.717, 1.165) is 11.3 Å². The number of rotatable bonds is 5. The number of carbonyl (C=O) groups excluding carboxylic acids is 1. The van der Waals surface area contributed by atoms with E-state index in [2.05, 4.69) is 10.3 Å². The van der Waals surface area contributed by atoms with E-state index in [1.807, 2.05) is 18.2 Å². The molecule has 0 unspecified atom stereocenters. The molecule has 1 aromatic heterocycles. The van der Waals surface area contributed by atoms with Crippen molar-refractivity contribution in [3.63, 3.8) is 0 Å². The van der Waals surface area contributed by atoms with Crippen LogP contribution in [0.2, 0.25) is 10.0 Å². The zero-order valence-corrected chi connectivity index (χ0v) is 12.3. The monoisotopic (exact) mass is 308 g/mol. The largest absolute Gasteiger partial charge is 0.350 e. The fraction of sp³-hybridized carbons (Fsp3) is 0.200. The van der Waals surface area contributed by atoms with E-state index >= 15 is 0 Å². The van der Waals surface area contributed by atoms with E-state index in [1.54, 1.807) is 24.4 Å². The van der Waals surface area contributed by atoms with Crippen LogP contribution in [0.1, 0.15) is 17.7 Å². The number of hydrogen-bond donors (Lipinski definition) is 1. The standard InChI is InChI=1S/C15H14Cl2N2O/c16-13-5-3-6-14(17)12(13)7-8-15(20)19-10-11-4-1-2-9-18-11/h1-6,9H,7-8,10H2,(H,19,20). The Morgan fingerprint density at radius 1 is 1.10 bits per heavy atom. The smallest absolute Gasteiger partial charge is 0.220 e. The summed E-state index contributed by atoms with van der Waals surface area (Å²) in [7, 11) is 0. The van der Waals surface area contributed by atoms with Crippen LogP contribution in [0.4, 0.5) is 0 Å². The maximum atomic E-state index is 11.8. The molecule has 1 aromatic carbocycles. The summed E-state index contributed by atoms with van der Waals surface area (Å²) in [5, 5.41) is 4.01. The number of pyridine rings is 1. The van der Waals surface area contributed by atoms with E-state index in [1.165, 1.54) is 0 Å². The van der Waals surface area contributed by atoms with Gasteiger partial charge in [-0.3, -0.25) is 9.78 Å². The molecule has 2 rings (SSSR count). The average Bonchev–Trinajstić information content (AvgIpc) is 2.46. The Morgan fingerprint density at radius 2 is 1.85 bits per heavy atom. The highest BCUT2D eigenvalue weighted by Gasteiger charge is 2.08. The van der Waals surface area contributed by atoms with Crippen LogP contribution >= 0.6 is 23.2 Å². The Morgan fingerprint density at radius 3 is 2.50 bits per heavy atom. The number of nitrogens with zero attached hydrogens (tertiary/aromatic N) is 1. The molecule has 3 nitrogen and oxygen atoms in total. The van der Waals surface area contributed by atoms with Crippen molar-refractivity contribution in [1.82, 2.24) is 10.3 Å². The van der Waals surface area contributed by atoms with E-state index in [4.69, 9.17) is 23.2 Å². The predicted octanol–water partition coefficient (Wildman–Crippen LogP) is 3.64. The molecule has 0 saturated heterocycles. The Kier molecular flexibility index (Phi) is 5.39. The first kappa shape index (κ1) is 14.8. The van der Waals surface area contributed by atoms with Crippen molar-refractivity contribution >= 4 is 29.1 Å².